The lowest BCUT2D eigenvalue weighted by Crippen LogP contribution is -2.05. The standard InChI is InChI=1S/C10H10Cl2N4/c1-6-10(12)7(2)16(15-6)5-8-3-14-9(11)4-13-8/h3-4H,5H2,1-2H3. The van der Waals surface area contributed by atoms with Crippen molar-refractivity contribution in [2.24, 2.45) is 0 Å². The summed E-state index contributed by atoms with van der Waals surface area (Å²) in [5, 5.41) is 5.39. The van der Waals surface area contributed by atoms with E-state index < -0.39 is 0 Å². The molecule has 4 nitrogen and oxygen atoms in total. The van der Waals surface area contributed by atoms with Crippen LogP contribution in [0.5, 0.6) is 0 Å². The molecule has 0 spiro atoms. The van der Waals surface area contributed by atoms with Gasteiger partial charge in [0.2, 0.25) is 0 Å². The van der Waals surface area contributed by atoms with E-state index in [1.165, 1.54) is 6.20 Å². The van der Waals surface area contributed by atoms with Gasteiger partial charge in [-0.05, 0) is 13.8 Å². The SMILES string of the molecule is Cc1nn(Cc2cnc(Cl)cn2)c(C)c1Cl. The third kappa shape index (κ3) is 2.18. The van der Waals surface area contributed by atoms with Crippen LogP contribution in [0.15, 0.2) is 12.4 Å². The summed E-state index contributed by atoms with van der Waals surface area (Å²) in [6.45, 7) is 4.34. The number of aromatic nitrogens is 4. The molecule has 0 unspecified atom stereocenters. The molecule has 0 bridgehead atoms. The molecule has 0 fully saturated rings. The summed E-state index contributed by atoms with van der Waals surface area (Å²) >= 11 is 11.7. The molecule has 0 saturated heterocycles. The van der Waals surface area contributed by atoms with Crippen molar-refractivity contribution in [3.63, 3.8) is 0 Å². The van der Waals surface area contributed by atoms with Gasteiger partial charge in [0.05, 0.1) is 41.0 Å². The lowest BCUT2D eigenvalue weighted by Gasteiger charge is -2.03. The maximum atomic E-state index is 6.05. The Kier molecular flexibility index (Phi) is 3.12. The predicted octanol–water partition coefficient (Wildman–Crippen LogP) is 2.65. The molecule has 0 N–H and O–H groups in total. The zero-order valence-corrected chi connectivity index (χ0v) is 10.4. The zero-order chi connectivity index (χ0) is 11.7. The lowest BCUT2D eigenvalue weighted by atomic mass is 10.4. The molecule has 0 aliphatic heterocycles. The van der Waals surface area contributed by atoms with Gasteiger partial charge in [-0.1, -0.05) is 23.2 Å². The van der Waals surface area contributed by atoms with Gasteiger partial charge >= 0.3 is 0 Å². The van der Waals surface area contributed by atoms with E-state index in [0.29, 0.717) is 16.7 Å². The Balaban J connectivity index is 2.27. The number of rotatable bonds is 2. The summed E-state index contributed by atoms with van der Waals surface area (Å²) in [5.41, 5.74) is 2.55. The van der Waals surface area contributed by atoms with Gasteiger partial charge in [0.15, 0.2) is 0 Å². The Hall–Kier alpha value is -1.13. The minimum Gasteiger partial charge on any atom is -0.262 e. The fourth-order valence-electron chi connectivity index (χ4n) is 1.40. The first-order chi connectivity index (χ1) is 7.58. The highest BCUT2D eigenvalue weighted by Crippen LogP contribution is 2.19. The molecule has 2 aromatic rings. The third-order valence-electron chi connectivity index (χ3n) is 2.28. The van der Waals surface area contributed by atoms with Crippen molar-refractivity contribution in [2.75, 3.05) is 0 Å². The van der Waals surface area contributed by atoms with E-state index in [9.17, 15) is 0 Å². The Morgan fingerprint density at radius 2 is 1.94 bits per heavy atom. The van der Waals surface area contributed by atoms with Gasteiger partial charge in [0, 0.05) is 0 Å². The van der Waals surface area contributed by atoms with Gasteiger partial charge in [0.1, 0.15) is 5.15 Å². The molecule has 0 aromatic carbocycles. The maximum absolute atomic E-state index is 6.05. The largest absolute Gasteiger partial charge is 0.262 e. The fraction of sp³-hybridized carbons (Fsp3) is 0.300. The quantitative estimate of drug-likeness (QED) is 0.830. The van der Waals surface area contributed by atoms with Gasteiger partial charge in [-0.3, -0.25) is 9.67 Å². The molecule has 2 heterocycles. The van der Waals surface area contributed by atoms with E-state index in [-0.39, 0.29) is 0 Å². The van der Waals surface area contributed by atoms with E-state index in [2.05, 4.69) is 15.1 Å². The Morgan fingerprint density at radius 1 is 1.19 bits per heavy atom. The van der Waals surface area contributed by atoms with Gasteiger partial charge in [-0.2, -0.15) is 5.10 Å². The van der Waals surface area contributed by atoms with Crippen molar-refractivity contribution in [3.8, 4) is 0 Å². The summed E-state index contributed by atoms with van der Waals surface area (Å²) < 4.78 is 1.80. The number of halogens is 2. The van der Waals surface area contributed by atoms with Gasteiger partial charge in [-0.15, -0.1) is 0 Å². The molecule has 84 valence electrons. The predicted molar refractivity (Wildman–Crippen MR) is 62.9 cm³/mol. The van der Waals surface area contributed by atoms with Crippen LogP contribution in [-0.2, 0) is 6.54 Å². The second-order valence-corrected chi connectivity index (χ2v) is 4.24. The van der Waals surface area contributed by atoms with E-state index in [4.69, 9.17) is 23.2 Å². The molecule has 16 heavy (non-hydrogen) atoms. The average Bonchev–Trinajstić information content (AvgIpc) is 2.50. The second-order valence-electron chi connectivity index (χ2n) is 3.47. The number of hydrogen-bond acceptors (Lipinski definition) is 3. The van der Waals surface area contributed by atoms with Crippen LogP contribution >= 0.6 is 23.2 Å². The third-order valence-corrected chi connectivity index (χ3v) is 3.02. The molecule has 2 aromatic heterocycles. The minimum absolute atomic E-state index is 0.384. The van der Waals surface area contributed by atoms with Crippen molar-refractivity contribution in [1.29, 1.82) is 0 Å². The minimum atomic E-state index is 0.384. The summed E-state index contributed by atoms with van der Waals surface area (Å²) in [7, 11) is 0. The van der Waals surface area contributed by atoms with Gasteiger partial charge in [-0.25, -0.2) is 4.98 Å². The van der Waals surface area contributed by atoms with Crippen LogP contribution in [0.2, 0.25) is 10.2 Å². The zero-order valence-electron chi connectivity index (χ0n) is 8.91. The number of aryl methyl sites for hydroxylation is 1. The number of nitrogens with zero attached hydrogens (tertiary/aromatic N) is 4. The highest BCUT2D eigenvalue weighted by atomic mass is 35.5. The summed E-state index contributed by atoms with van der Waals surface area (Å²) in [4.78, 5) is 8.12. The van der Waals surface area contributed by atoms with Crippen LogP contribution in [0.3, 0.4) is 0 Å². The second kappa shape index (κ2) is 4.39. The number of hydrogen-bond donors (Lipinski definition) is 0. The van der Waals surface area contributed by atoms with E-state index in [1.54, 1.807) is 10.9 Å². The smallest absolute Gasteiger partial charge is 0.147 e. The molecule has 2 rings (SSSR count). The van der Waals surface area contributed by atoms with Crippen LogP contribution in [-0.4, -0.2) is 19.7 Å². The van der Waals surface area contributed by atoms with Crippen LogP contribution in [0.1, 0.15) is 17.1 Å². The first kappa shape index (κ1) is 11.4. The van der Waals surface area contributed by atoms with E-state index in [0.717, 1.165) is 17.1 Å². The monoisotopic (exact) mass is 256 g/mol. The molecule has 0 aliphatic rings. The molecule has 0 aliphatic carbocycles. The molecule has 6 heteroatoms. The normalized spacial score (nSPS) is 10.8. The summed E-state index contributed by atoms with van der Waals surface area (Å²) in [6.07, 6.45) is 3.15. The van der Waals surface area contributed by atoms with Crippen molar-refractivity contribution in [1.82, 2.24) is 19.7 Å². The highest BCUT2D eigenvalue weighted by Gasteiger charge is 2.09. The molecule has 0 amide bonds. The molecule has 0 atom stereocenters. The van der Waals surface area contributed by atoms with Crippen molar-refractivity contribution in [2.45, 2.75) is 20.4 Å². The van der Waals surface area contributed by atoms with Crippen molar-refractivity contribution >= 4 is 23.2 Å². The first-order valence-corrected chi connectivity index (χ1v) is 5.49. The average molecular weight is 257 g/mol. The van der Waals surface area contributed by atoms with E-state index in [1.807, 2.05) is 13.8 Å². The molecular formula is C10H10Cl2N4. The Labute approximate surface area is 103 Å². The van der Waals surface area contributed by atoms with Crippen LogP contribution < -0.4 is 0 Å². The summed E-state index contributed by atoms with van der Waals surface area (Å²) in [5.74, 6) is 0. The summed E-state index contributed by atoms with van der Waals surface area (Å²) in [6, 6.07) is 0. The Morgan fingerprint density at radius 3 is 2.44 bits per heavy atom. The molecular weight excluding hydrogens is 247 g/mol. The lowest BCUT2D eigenvalue weighted by molar-refractivity contribution is 0.644. The van der Waals surface area contributed by atoms with E-state index >= 15 is 0 Å². The molecule has 0 radical (unpaired) electrons. The fourth-order valence-corrected chi connectivity index (χ4v) is 1.64. The van der Waals surface area contributed by atoms with Crippen molar-refractivity contribution < 1.29 is 0 Å². The van der Waals surface area contributed by atoms with Crippen LogP contribution in [0.25, 0.3) is 0 Å². The first-order valence-electron chi connectivity index (χ1n) is 4.74. The van der Waals surface area contributed by atoms with Gasteiger partial charge < -0.3 is 0 Å². The topological polar surface area (TPSA) is 43.6 Å². The van der Waals surface area contributed by atoms with Crippen molar-refractivity contribution in [3.05, 3.63) is 39.7 Å². The van der Waals surface area contributed by atoms with Crippen LogP contribution in [0, 0.1) is 13.8 Å². The van der Waals surface area contributed by atoms with Crippen LogP contribution in [0.4, 0.5) is 0 Å². The highest BCUT2D eigenvalue weighted by molar-refractivity contribution is 6.31. The Bertz CT molecular complexity index is 504. The van der Waals surface area contributed by atoms with Gasteiger partial charge in [0.25, 0.3) is 0 Å². The maximum Gasteiger partial charge on any atom is 0.147 e. The molecule has 0 saturated carbocycles.